The van der Waals surface area contributed by atoms with Crippen LogP contribution in [-0.4, -0.2) is 53.2 Å². The van der Waals surface area contributed by atoms with Crippen LogP contribution in [0.1, 0.15) is 43.9 Å². The van der Waals surface area contributed by atoms with Crippen LogP contribution >= 0.6 is 0 Å². The highest BCUT2D eigenvalue weighted by Gasteiger charge is 2.32. The lowest BCUT2D eigenvalue weighted by atomic mass is 9.94. The largest absolute Gasteiger partial charge is 0.339 e. The maximum absolute atomic E-state index is 12.7. The maximum Gasteiger partial charge on any atom is 0.281 e. The van der Waals surface area contributed by atoms with Crippen molar-refractivity contribution in [1.29, 1.82) is 0 Å². The zero-order valence-electron chi connectivity index (χ0n) is 16.8. The second-order valence-corrected chi connectivity index (χ2v) is 8.96. The van der Waals surface area contributed by atoms with E-state index in [1.807, 2.05) is 51.2 Å². The Labute approximate surface area is 168 Å². The molecule has 8 heteroatoms. The van der Waals surface area contributed by atoms with Gasteiger partial charge in [-0.15, -0.1) is 0 Å². The molecular formula is C20H29N5O2S. The monoisotopic (exact) mass is 403 g/mol. The first-order chi connectivity index (χ1) is 13.5. The molecular weight excluding hydrogens is 374 g/mol. The number of aryl methyl sites for hydroxylation is 1. The Balaban J connectivity index is 1.61. The van der Waals surface area contributed by atoms with Crippen LogP contribution < -0.4 is 5.32 Å². The van der Waals surface area contributed by atoms with Crippen LogP contribution in [0.25, 0.3) is 0 Å². The third kappa shape index (κ3) is 4.51. The molecule has 0 aromatic carbocycles. The van der Waals surface area contributed by atoms with Crippen molar-refractivity contribution in [1.82, 2.24) is 18.6 Å². The van der Waals surface area contributed by atoms with E-state index in [9.17, 15) is 8.42 Å². The van der Waals surface area contributed by atoms with E-state index in [2.05, 4.69) is 15.3 Å². The molecule has 1 aliphatic heterocycles. The summed E-state index contributed by atoms with van der Waals surface area (Å²) >= 11 is 0. The highest BCUT2D eigenvalue weighted by atomic mass is 32.2. The average Bonchev–Trinajstić information content (AvgIpc) is 2.71. The number of pyridine rings is 2. The first kappa shape index (κ1) is 20.7. The number of piperidine rings is 1. The summed E-state index contributed by atoms with van der Waals surface area (Å²) in [4.78, 5) is 8.95. The normalized spacial score (nSPS) is 16.4. The van der Waals surface area contributed by atoms with Gasteiger partial charge in [0.05, 0.1) is 11.9 Å². The molecule has 1 saturated heterocycles. The fourth-order valence-electron chi connectivity index (χ4n) is 3.57. The number of aromatic nitrogens is 2. The van der Waals surface area contributed by atoms with Crippen molar-refractivity contribution < 1.29 is 8.42 Å². The van der Waals surface area contributed by atoms with Crippen LogP contribution in [0.15, 0.2) is 36.7 Å². The lowest BCUT2D eigenvalue weighted by molar-refractivity contribution is 0.289. The Morgan fingerprint density at radius 2 is 1.86 bits per heavy atom. The zero-order valence-corrected chi connectivity index (χ0v) is 17.6. The van der Waals surface area contributed by atoms with Crippen LogP contribution in [0.2, 0.25) is 0 Å². The highest BCUT2D eigenvalue weighted by Crippen LogP contribution is 2.29. The Morgan fingerprint density at radius 1 is 1.14 bits per heavy atom. The van der Waals surface area contributed by atoms with Crippen molar-refractivity contribution in [2.24, 2.45) is 0 Å². The summed E-state index contributed by atoms with van der Waals surface area (Å²) in [6.07, 6.45) is 5.17. The Kier molecular flexibility index (Phi) is 6.64. The molecule has 2 aromatic rings. The van der Waals surface area contributed by atoms with Gasteiger partial charge in [-0.05, 0) is 43.5 Å². The molecule has 0 unspecified atom stereocenters. The fourth-order valence-corrected chi connectivity index (χ4v) is 5.22. The van der Waals surface area contributed by atoms with Gasteiger partial charge >= 0.3 is 0 Å². The van der Waals surface area contributed by atoms with Gasteiger partial charge in [-0.25, -0.2) is 4.98 Å². The zero-order chi connectivity index (χ0) is 20.1. The van der Waals surface area contributed by atoms with E-state index in [1.165, 1.54) is 4.31 Å². The lowest BCUT2D eigenvalue weighted by Crippen LogP contribution is -2.46. The Morgan fingerprint density at radius 3 is 2.43 bits per heavy atom. The standard InChI is InChI=1S/C20H29N5O2S/c1-4-24(5-2)28(26,27)25-13-10-17(11-14-25)19-9-8-18(15-22-19)23-20-16(3)7-6-12-21-20/h6-9,12,15,17H,4-5,10-11,13-14H2,1-3H3,(H,21,23). The molecule has 7 nitrogen and oxygen atoms in total. The fraction of sp³-hybridized carbons (Fsp3) is 0.500. The van der Waals surface area contributed by atoms with Gasteiger partial charge in [0, 0.05) is 44.0 Å². The highest BCUT2D eigenvalue weighted by molar-refractivity contribution is 7.86. The SMILES string of the molecule is CCN(CC)S(=O)(=O)N1CCC(c2ccc(Nc3ncccc3C)cn2)CC1. The summed E-state index contributed by atoms with van der Waals surface area (Å²) in [6.45, 7) is 7.85. The van der Waals surface area contributed by atoms with E-state index in [1.54, 1.807) is 10.5 Å². The minimum absolute atomic E-state index is 0.286. The van der Waals surface area contributed by atoms with Crippen LogP contribution in [0.3, 0.4) is 0 Å². The third-order valence-electron chi connectivity index (χ3n) is 5.29. The molecule has 28 heavy (non-hydrogen) atoms. The first-order valence-corrected chi connectivity index (χ1v) is 11.2. The molecule has 0 aliphatic carbocycles. The number of hydrogen-bond acceptors (Lipinski definition) is 5. The summed E-state index contributed by atoms with van der Waals surface area (Å²) in [5, 5.41) is 3.29. The molecule has 152 valence electrons. The summed E-state index contributed by atoms with van der Waals surface area (Å²) in [7, 11) is -3.35. The third-order valence-corrected chi connectivity index (χ3v) is 7.48. The van der Waals surface area contributed by atoms with Crippen molar-refractivity contribution >= 4 is 21.7 Å². The molecule has 0 amide bonds. The van der Waals surface area contributed by atoms with Crippen LogP contribution in [0, 0.1) is 6.92 Å². The molecule has 0 saturated carbocycles. The number of hydrogen-bond donors (Lipinski definition) is 1. The van der Waals surface area contributed by atoms with Gasteiger partial charge in [-0.3, -0.25) is 4.98 Å². The topological polar surface area (TPSA) is 78.4 Å². The van der Waals surface area contributed by atoms with Crippen molar-refractivity contribution in [2.75, 3.05) is 31.5 Å². The van der Waals surface area contributed by atoms with Gasteiger partial charge in [-0.2, -0.15) is 17.0 Å². The molecule has 1 N–H and O–H groups in total. The Bertz CT molecular complexity index is 874. The van der Waals surface area contributed by atoms with E-state index in [-0.39, 0.29) is 5.92 Å². The summed E-state index contributed by atoms with van der Waals surface area (Å²) in [5.74, 6) is 1.11. The molecule has 2 aromatic heterocycles. The van der Waals surface area contributed by atoms with Crippen molar-refractivity contribution in [3.05, 3.63) is 47.9 Å². The minimum Gasteiger partial charge on any atom is -0.339 e. The molecule has 0 spiro atoms. The van der Waals surface area contributed by atoms with Crippen molar-refractivity contribution in [2.45, 2.75) is 39.5 Å². The van der Waals surface area contributed by atoms with Crippen molar-refractivity contribution in [3.8, 4) is 0 Å². The number of anilines is 2. The van der Waals surface area contributed by atoms with E-state index in [0.29, 0.717) is 26.2 Å². The lowest BCUT2D eigenvalue weighted by Gasteiger charge is -2.34. The summed E-state index contributed by atoms with van der Waals surface area (Å²) < 4.78 is 28.4. The molecule has 3 rings (SSSR count). The van der Waals surface area contributed by atoms with Gasteiger partial charge < -0.3 is 5.32 Å². The molecule has 1 aliphatic rings. The van der Waals surface area contributed by atoms with Crippen LogP contribution in [-0.2, 0) is 10.2 Å². The smallest absolute Gasteiger partial charge is 0.281 e. The van der Waals surface area contributed by atoms with E-state index >= 15 is 0 Å². The van der Waals surface area contributed by atoms with Gasteiger partial charge in [-0.1, -0.05) is 19.9 Å². The van der Waals surface area contributed by atoms with E-state index in [4.69, 9.17) is 0 Å². The molecule has 1 fully saturated rings. The second-order valence-electron chi connectivity index (χ2n) is 7.03. The van der Waals surface area contributed by atoms with Gasteiger partial charge in [0.25, 0.3) is 10.2 Å². The van der Waals surface area contributed by atoms with Crippen LogP contribution in [0.4, 0.5) is 11.5 Å². The molecule has 3 heterocycles. The Hall–Kier alpha value is -2.03. The minimum atomic E-state index is -3.35. The first-order valence-electron chi connectivity index (χ1n) is 9.85. The van der Waals surface area contributed by atoms with Gasteiger partial charge in [0.15, 0.2) is 0 Å². The number of rotatable bonds is 7. The molecule has 0 atom stereocenters. The average molecular weight is 404 g/mol. The quantitative estimate of drug-likeness (QED) is 0.767. The number of nitrogens with zero attached hydrogens (tertiary/aromatic N) is 4. The predicted molar refractivity (Wildman–Crippen MR) is 112 cm³/mol. The van der Waals surface area contributed by atoms with Gasteiger partial charge in [0.2, 0.25) is 0 Å². The van der Waals surface area contributed by atoms with E-state index < -0.39 is 10.2 Å². The summed E-state index contributed by atoms with van der Waals surface area (Å²) in [6, 6.07) is 7.96. The molecule has 0 bridgehead atoms. The predicted octanol–water partition coefficient (Wildman–Crippen LogP) is 3.29. The second kappa shape index (κ2) is 8.98. The molecule has 0 radical (unpaired) electrons. The van der Waals surface area contributed by atoms with Crippen molar-refractivity contribution in [3.63, 3.8) is 0 Å². The number of nitrogens with one attached hydrogen (secondary N) is 1. The maximum atomic E-state index is 12.7. The van der Waals surface area contributed by atoms with Crippen LogP contribution in [0.5, 0.6) is 0 Å². The van der Waals surface area contributed by atoms with E-state index in [0.717, 1.165) is 35.6 Å². The van der Waals surface area contributed by atoms with Gasteiger partial charge in [0.1, 0.15) is 5.82 Å². The summed E-state index contributed by atoms with van der Waals surface area (Å²) in [5.41, 5.74) is 2.99.